The normalized spacial score (nSPS) is 13.1. The fourth-order valence-corrected chi connectivity index (χ4v) is 3.51. The lowest BCUT2D eigenvalue weighted by molar-refractivity contribution is 0.550. The van der Waals surface area contributed by atoms with Crippen molar-refractivity contribution in [2.45, 2.75) is 24.3 Å². The Morgan fingerprint density at radius 1 is 0.952 bits per heavy atom. The Kier molecular flexibility index (Phi) is 5.27. The second kappa shape index (κ2) is 6.79. The van der Waals surface area contributed by atoms with Crippen molar-refractivity contribution in [2.24, 2.45) is 0 Å². The van der Waals surface area contributed by atoms with E-state index in [1.807, 2.05) is 19.1 Å². The maximum absolute atomic E-state index is 12.4. The van der Waals surface area contributed by atoms with Crippen LogP contribution in [0.25, 0.3) is 0 Å². The highest BCUT2D eigenvalue weighted by atomic mass is 35.5. The molecule has 0 radical (unpaired) electrons. The molecule has 112 valence electrons. The van der Waals surface area contributed by atoms with Crippen molar-refractivity contribution in [1.29, 1.82) is 0 Å². The minimum Gasteiger partial charge on any atom is -0.207 e. The number of sulfonamides is 1. The topological polar surface area (TPSA) is 46.2 Å². The largest absolute Gasteiger partial charge is 0.241 e. The molecule has 6 heteroatoms. The molecule has 0 aromatic heterocycles. The van der Waals surface area contributed by atoms with Crippen LogP contribution >= 0.6 is 23.2 Å². The Morgan fingerprint density at radius 2 is 1.43 bits per heavy atom. The van der Waals surface area contributed by atoms with Gasteiger partial charge in [0.15, 0.2) is 0 Å². The minimum absolute atomic E-state index is 0.194. The number of rotatable bonds is 5. The van der Waals surface area contributed by atoms with E-state index >= 15 is 0 Å². The molecule has 1 unspecified atom stereocenters. The third kappa shape index (κ3) is 4.20. The van der Waals surface area contributed by atoms with Crippen LogP contribution in [0.15, 0.2) is 53.4 Å². The molecule has 1 N–H and O–H groups in total. The van der Waals surface area contributed by atoms with Crippen LogP contribution in [-0.2, 0) is 10.0 Å². The number of hydrogen-bond acceptors (Lipinski definition) is 2. The van der Waals surface area contributed by atoms with Gasteiger partial charge in [-0.3, -0.25) is 0 Å². The zero-order valence-corrected chi connectivity index (χ0v) is 13.7. The lowest BCUT2D eigenvalue weighted by atomic mass is 10.1. The molecule has 1 atom stereocenters. The van der Waals surface area contributed by atoms with Crippen molar-refractivity contribution < 1.29 is 8.42 Å². The van der Waals surface area contributed by atoms with Gasteiger partial charge in [-0.05, 0) is 48.4 Å². The van der Waals surface area contributed by atoms with Crippen molar-refractivity contribution in [3.8, 4) is 0 Å². The van der Waals surface area contributed by atoms with Crippen LogP contribution in [0.2, 0.25) is 10.0 Å². The van der Waals surface area contributed by atoms with Gasteiger partial charge in [0.1, 0.15) is 0 Å². The van der Waals surface area contributed by atoms with Crippen LogP contribution in [-0.4, -0.2) is 8.42 Å². The van der Waals surface area contributed by atoms with Gasteiger partial charge in [0.05, 0.1) is 4.90 Å². The van der Waals surface area contributed by atoms with Crippen LogP contribution < -0.4 is 4.72 Å². The van der Waals surface area contributed by atoms with E-state index in [0.717, 1.165) is 5.56 Å². The molecule has 0 aliphatic heterocycles. The van der Waals surface area contributed by atoms with Gasteiger partial charge in [0.25, 0.3) is 0 Å². The van der Waals surface area contributed by atoms with Gasteiger partial charge >= 0.3 is 0 Å². The highest BCUT2D eigenvalue weighted by Gasteiger charge is 2.20. The molecule has 0 heterocycles. The zero-order chi connectivity index (χ0) is 15.5. The summed E-state index contributed by atoms with van der Waals surface area (Å²) in [7, 11) is -3.59. The molecule has 2 rings (SSSR count). The first-order valence-electron chi connectivity index (χ1n) is 6.45. The molecule has 21 heavy (non-hydrogen) atoms. The second-order valence-electron chi connectivity index (χ2n) is 4.59. The van der Waals surface area contributed by atoms with Gasteiger partial charge in [-0.15, -0.1) is 0 Å². The molecule has 3 nitrogen and oxygen atoms in total. The van der Waals surface area contributed by atoms with E-state index in [1.54, 1.807) is 24.3 Å². The molecule has 0 saturated heterocycles. The summed E-state index contributed by atoms with van der Waals surface area (Å²) < 4.78 is 27.4. The summed E-state index contributed by atoms with van der Waals surface area (Å²) in [6.07, 6.45) is 0.633. The molecule has 0 amide bonds. The number of nitrogens with one attached hydrogen (secondary N) is 1. The predicted molar refractivity (Wildman–Crippen MR) is 86.3 cm³/mol. The monoisotopic (exact) mass is 343 g/mol. The minimum atomic E-state index is -3.59. The summed E-state index contributed by atoms with van der Waals surface area (Å²) in [5.41, 5.74) is 0.874. The summed E-state index contributed by atoms with van der Waals surface area (Å²) in [5, 5.41) is 1.12. The van der Waals surface area contributed by atoms with Crippen LogP contribution in [0.1, 0.15) is 24.9 Å². The standard InChI is InChI=1S/C15H15Cl2NO2S/c1-2-15(11-3-5-12(16)6-4-11)18-21(19,20)14-9-7-13(17)8-10-14/h3-10,15,18H,2H2,1H3. The van der Waals surface area contributed by atoms with Crippen molar-refractivity contribution in [3.63, 3.8) is 0 Å². The number of hydrogen-bond donors (Lipinski definition) is 1. The predicted octanol–water partition coefficient (Wildman–Crippen LogP) is 4.42. The van der Waals surface area contributed by atoms with Gasteiger partial charge < -0.3 is 0 Å². The van der Waals surface area contributed by atoms with Gasteiger partial charge in [0, 0.05) is 16.1 Å². The Labute approximate surface area is 135 Å². The van der Waals surface area contributed by atoms with E-state index in [0.29, 0.717) is 16.5 Å². The van der Waals surface area contributed by atoms with Crippen molar-refractivity contribution in [2.75, 3.05) is 0 Å². The molecular formula is C15H15Cl2NO2S. The molecule has 0 fully saturated rings. The van der Waals surface area contributed by atoms with E-state index < -0.39 is 10.0 Å². The van der Waals surface area contributed by atoms with Gasteiger partial charge in [-0.2, -0.15) is 0 Å². The maximum Gasteiger partial charge on any atom is 0.241 e. The quantitative estimate of drug-likeness (QED) is 0.873. The van der Waals surface area contributed by atoms with E-state index in [1.165, 1.54) is 12.1 Å². The molecular weight excluding hydrogens is 329 g/mol. The number of halogens is 2. The Balaban J connectivity index is 2.24. The second-order valence-corrected chi connectivity index (χ2v) is 7.17. The SMILES string of the molecule is CCC(NS(=O)(=O)c1ccc(Cl)cc1)c1ccc(Cl)cc1. The molecule has 2 aromatic rings. The molecule has 2 aromatic carbocycles. The summed E-state index contributed by atoms with van der Waals surface area (Å²) in [6.45, 7) is 1.92. The molecule has 0 aliphatic rings. The summed E-state index contributed by atoms with van der Waals surface area (Å²) in [5.74, 6) is 0. The van der Waals surface area contributed by atoms with Gasteiger partial charge in [0.2, 0.25) is 10.0 Å². The average Bonchev–Trinajstić information content (AvgIpc) is 2.46. The van der Waals surface area contributed by atoms with Crippen LogP contribution in [0.3, 0.4) is 0 Å². The van der Waals surface area contributed by atoms with Crippen molar-refractivity contribution in [3.05, 3.63) is 64.1 Å². The lowest BCUT2D eigenvalue weighted by Gasteiger charge is -2.17. The lowest BCUT2D eigenvalue weighted by Crippen LogP contribution is -2.28. The van der Waals surface area contributed by atoms with Gasteiger partial charge in [-0.1, -0.05) is 42.3 Å². The Hall–Kier alpha value is -1.07. The molecule has 0 spiro atoms. The molecule has 0 saturated carbocycles. The fourth-order valence-electron chi connectivity index (χ4n) is 1.95. The van der Waals surface area contributed by atoms with E-state index in [-0.39, 0.29) is 10.9 Å². The highest BCUT2D eigenvalue weighted by Crippen LogP contribution is 2.22. The summed E-state index contributed by atoms with van der Waals surface area (Å²) >= 11 is 11.6. The first-order chi connectivity index (χ1) is 9.92. The first-order valence-corrected chi connectivity index (χ1v) is 8.69. The molecule has 0 bridgehead atoms. The van der Waals surface area contributed by atoms with Crippen molar-refractivity contribution in [1.82, 2.24) is 4.72 Å². The van der Waals surface area contributed by atoms with E-state index in [9.17, 15) is 8.42 Å². The highest BCUT2D eigenvalue weighted by molar-refractivity contribution is 7.89. The third-order valence-electron chi connectivity index (χ3n) is 3.10. The van der Waals surface area contributed by atoms with Crippen LogP contribution in [0, 0.1) is 0 Å². The first kappa shape index (κ1) is 16.3. The van der Waals surface area contributed by atoms with Crippen LogP contribution in [0.4, 0.5) is 0 Å². The fraction of sp³-hybridized carbons (Fsp3) is 0.200. The third-order valence-corrected chi connectivity index (χ3v) is 5.09. The number of benzene rings is 2. The smallest absolute Gasteiger partial charge is 0.207 e. The summed E-state index contributed by atoms with van der Waals surface area (Å²) in [4.78, 5) is 0.194. The van der Waals surface area contributed by atoms with Crippen LogP contribution in [0.5, 0.6) is 0 Å². The Morgan fingerprint density at radius 3 is 1.90 bits per heavy atom. The molecule has 0 aliphatic carbocycles. The van der Waals surface area contributed by atoms with Crippen molar-refractivity contribution >= 4 is 33.2 Å². The van der Waals surface area contributed by atoms with Gasteiger partial charge in [-0.25, -0.2) is 13.1 Å². The average molecular weight is 344 g/mol. The maximum atomic E-state index is 12.4. The zero-order valence-electron chi connectivity index (χ0n) is 11.4. The van der Waals surface area contributed by atoms with E-state index in [2.05, 4.69) is 4.72 Å². The van der Waals surface area contributed by atoms with E-state index in [4.69, 9.17) is 23.2 Å². The Bertz CT molecular complexity index is 697. The summed E-state index contributed by atoms with van der Waals surface area (Å²) in [6, 6.07) is 12.9.